The molecule has 1 heterocycles. The molecule has 3 rings (SSSR count). The number of ether oxygens (including phenoxy) is 1. The number of aromatic nitrogens is 2. The summed E-state index contributed by atoms with van der Waals surface area (Å²) < 4.78 is 5.79. The van der Waals surface area contributed by atoms with Crippen LogP contribution in [0, 0.1) is 0 Å². The van der Waals surface area contributed by atoms with E-state index in [-0.39, 0.29) is 5.56 Å². The van der Waals surface area contributed by atoms with Gasteiger partial charge in [-0.25, -0.2) is 4.98 Å². The predicted molar refractivity (Wildman–Crippen MR) is 95.8 cm³/mol. The number of nitrogens with one attached hydrogen (secondary N) is 1. The predicted octanol–water partition coefficient (Wildman–Crippen LogP) is 2.80. The Morgan fingerprint density at radius 3 is 2.54 bits per heavy atom. The summed E-state index contributed by atoms with van der Waals surface area (Å²) in [6.45, 7) is 5.01. The second kappa shape index (κ2) is 6.55. The van der Waals surface area contributed by atoms with Gasteiger partial charge in [-0.1, -0.05) is 36.4 Å². The van der Waals surface area contributed by atoms with Gasteiger partial charge in [0.2, 0.25) is 0 Å². The average Bonchev–Trinajstić information content (AvgIpc) is 2.60. The quantitative estimate of drug-likeness (QED) is 0.756. The molecule has 24 heavy (non-hydrogen) atoms. The number of aromatic amines is 1. The number of benzene rings is 2. The van der Waals surface area contributed by atoms with Crippen LogP contribution in [0.4, 0.5) is 0 Å². The van der Waals surface area contributed by atoms with Gasteiger partial charge in [0, 0.05) is 12.1 Å². The van der Waals surface area contributed by atoms with Crippen molar-refractivity contribution in [2.75, 3.05) is 13.2 Å². The number of para-hydroxylation sites is 1. The molecule has 5 heteroatoms. The standard InChI is InChI=1S/C19H21N3O2/c1-19(2,24-12-11-20)14-9-7-13(8-10-14)17-21-16-6-4-3-5-15(16)18(23)22-17/h3-10H,11-12,20H2,1-2H3,(H,21,22,23). The molecule has 0 fully saturated rings. The molecule has 0 atom stereocenters. The Bertz CT molecular complexity index is 898. The van der Waals surface area contributed by atoms with E-state index in [2.05, 4.69) is 9.97 Å². The smallest absolute Gasteiger partial charge is 0.259 e. The third-order valence-corrected chi connectivity index (χ3v) is 4.05. The van der Waals surface area contributed by atoms with Crippen LogP contribution in [0.15, 0.2) is 53.3 Å². The molecule has 0 bridgehead atoms. The summed E-state index contributed by atoms with van der Waals surface area (Å²) in [5.74, 6) is 0.561. The summed E-state index contributed by atoms with van der Waals surface area (Å²) in [5, 5.41) is 0.592. The summed E-state index contributed by atoms with van der Waals surface area (Å²) >= 11 is 0. The van der Waals surface area contributed by atoms with E-state index < -0.39 is 5.60 Å². The van der Waals surface area contributed by atoms with Crippen molar-refractivity contribution in [1.82, 2.24) is 9.97 Å². The highest BCUT2D eigenvalue weighted by Gasteiger charge is 2.20. The number of hydrogen-bond acceptors (Lipinski definition) is 4. The van der Waals surface area contributed by atoms with Crippen LogP contribution in [0.3, 0.4) is 0 Å². The minimum Gasteiger partial charge on any atom is -0.370 e. The summed E-state index contributed by atoms with van der Waals surface area (Å²) in [6.07, 6.45) is 0. The molecule has 0 amide bonds. The second-order valence-corrected chi connectivity index (χ2v) is 6.16. The normalized spacial score (nSPS) is 11.8. The Kier molecular flexibility index (Phi) is 4.46. The first kappa shape index (κ1) is 16.4. The maximum atomic E-state index is 12.2. The minimum absolute atomic E-state index is 0.133. The Hall–Kier alpha value is -2.50. The van der Waals surface area contributed by atoms with Gasteiger partial charge in [0.25, 0.3) is 5.56 Å². The van der Waals surface area contributed by atoms with E-state index in [1.165, 1.54) is 0 Å². The summed E-state index contributed by atoms with van der Waals surface area (Å²) in [7, 11) is 0. The molecule has 2 aromatic carbocycles. The molecule has 0 saturated heterocycles. The molecule has 0 aliphatic heterocycles. The van der Waals surface area contributed by atoms with Crippen molar-refractivity contribution in [3.8, 4) is 11.4 Å². The molecular formula is C19H21N3O2. The van der Waals surface area contributed by atoms with Crippen molar-refractivity contribution in [1.29, 1.82) is 0 Å². The number of hydrogen-bond donors (Lipinski definition) is 2. The van der Waals surface area contributed by atoms with Crippen LogP contribution in [0.2, 0.25) is 0 Å². The zero-order valence-electron chi connectivity index (χ0n) is 13.9. The first-order valence-electron chi connectivity index (χ1n) is 7.95. The number of nitrogens with zero attached hydrogens (tertiary/aromatic N) is 1. The third kappa shape index (κ3) is 3.22. The number of nitrogens with two attached hydrogens (primary N) is 1. The molecule has 0 radical (unpaired) electrons. The maximum Gasteiger partial charge on any atom is 0.259 e. The van der Waals surface area contributed by atoms with Crippen LogP contribution >= 0.6 is 0 Å². The summed E-state index contributed by atoms with van der Waals surface area (Å²) in [6, 6.07) is 15.2. The summed E-state index contributed by atoms with van der Waals surface area (Å²) in [5.41, 5.74) is 7.55. The van der Waals surface area contributed by atoms with Gasteiger partial charge in [-0.3, -0.25) is 4.79 Å². The SMILES string of the molecule is CC(C)(OCCN)c1ccc(-c2nc3ccccc3c(=O)[nH]2)cc1. The van der Waals surface area contributed by atoms with Gasteiger partial charge in [-0.05, 0) is 31.5 Å². The monoisotopic (exact) mass is 323 g/mol. The zero-order chi connectivity index (χ0) is 17.2. The second-order valence-electron chi connectivity index (χ2n) is 6.16. The molecule has 0 aliphatic rings. The van der Waals surface area contributed by atoms with Gasteiger partial charge in [0.05, 0.1) is 23.1 Å². The van der Waals surface area contributed by atoms with Crippen LogP contribution in [0.25, 0.3) is 22.3 Å². The fraction of sp³-hybridized carbons (Fsp3) is 0.263. The van der Waals surface area contributed by atoms with Crippen LogP contribution in [0.5, 0.6) is 0 Å². The molecule has 5 nitrogen and oxygen atoms in total. The molecule has 3 N–H and O–H groups in total. The van der Waals surface area contributed by atoms with Crippen molar-refractivity contribution < 1.29 is 4.74 Å². The maximum absolute atomic E-state index is 12.2. The lowest BCUT2D eigenvalue weighted by Crippen LogP contribution is -2.25. The molecular weight excluding hydrogens is 302 g/mol. The first-order chi connectivity index (χ1) is 11.5. The fourth-order valence-electron chi connectivity index (χ4n) is 2.65. The minimum atomic E-state index is -0.415. The van der Waals surface area contributed by atoms with E-state index in [9.17, 15) is 4.79 Å². The molecule has 0 unspecified atom stereocenters. The van der Waals surface area contributed by atoms with E-state index in [1.807, 2.05) is 56.3 Å². The zero-order valence-corrected chi connectivity index (χ0v) is 13.9. The summed E-state index contributed by atoms with van der Waals surface area (Å²) in [4.78, 5) is 19.6. The van der Waals surface area contributed by atoms with Gasteiger partial charge in [0.15, 0.2) is 0 Å². The van der Waals surface area contributed by atoms with Crippen molar-refractivity contribution in [2.24, 2.45) is 5.73 Å². The fourth-order valence-corrected chi connectivity index (χ4v) is 2.65. The van der Waals surface area contributed by atoms with Gasteiger partial charge in [-0.2, -0.15) is 0 Å². The molecule has 1 aromatic heterocycles. The topological polar surface area (TPSA) is 81.0 Å². The highest BCUT2D eigenvalue weighted by atomic mass is 16.5. The van der Waals surface area contributed by atoms with Crippen LogP contribution in [-0.2, 0) is 10.3 Å². The number of fused-ring (bicyclic) bond motifs is 1. The van der Waals surface area contributed by atoms with E-state index in [0.29, 0.717) is 29.9 Å². The largest absolute Gasteiger partial charge is 0.370 e. The van der Waals surface area contributed by atoms with Crippen molar-refractivity contribution in [3.63, 3.8) is 0 Å². The van der Waals surface area contributed by atoms with Crippen LogP contribution < -0.4 is 11.3 Å². The lowest BCUT2D eigenvalue weighted by atomic mass is 9.96. The highest BCUT2D eigenvalue weighted by molar-refractivity contribution is 5.79. The molecule has 0 aliphatic carbocycles. The molecule has 3 aromatic rings. The molecule has 124 valence electrons. The van der Waals surface area contributed by atoms with E-state index >= 15 is 0 Å². The van der Waals surface area contributed by atoms with Gasteiger partial charge in [-0.15, -0.1) is 0 Å². The lowest BCUT2D eigenvalue weighted by molar-refractivity contribution is -0.0171. The molecule has 0 spiro atoms. The van der Waals surface area contributed by atoms with Gasteiger partial charge in [0.1, 0.15) is 5.82 Å². The van der Waals surface area contributed by atoms with Gasteiger partial charge >= 0.3 is 0 Å². The van der Waals surface area contributed by atoms with E-state index in [1.54, 1.807) is 6.07 Å². The number of rotatable bonds is 5. The Morgan fingerprint density at radius 1 is 1.12 bits per heavy atom. The van der Waals surface area contributed by atoms with Crippen molar-refractivity contribution in [3.05, 3.63) is 64.4 Å². The Morgan fingerprint density at radius 2 is 1.83 bits per heavy atom. The van der Waals surface area contributed by atoms with Crippen LogP contribution in [0.1, 0.15) is 19.4 Å². The van der Waals surface area contributed by atoms with Crippen LogP contribution in [-0.4, -0.2) is 23.1 Å². The van der Waals surface area contributed by atoms with Crippen molar-refractivity contribution in [2.45, 2.75) is 19.4 Å². The van der Waals surface area contributed by atoms with Gasteiger partial charge < -0.3 is 15.5 Å². The Balaban J connectivity index is 1.95. The average molecular weight is 323 g/mol. The highest BCUT2D eigenvalue weighted by Crippen LogP contribution is 2.26. The molecule has 0 saturated carbocycles. The third-order valence-electron chi connectivity index (χ3n) is 4.05. The van der Waals surface area contributed by atoms with E-state index in [0.717, 1.165) is 11.1 Å². The lowest BCUT2D eigenvalue weighted by Gasteiger charge is -2.25. The van der Waals surface area contributed by atoms with E-state index in [4.69, 9.17) is 10.5 Å². The Labute approximate surface area is 140 Å². The first-order valence-corrected chi connectivity index (χ1v) is 7.95. The number of H-pyrrole nitrogens is 1. The van der Waals surface area contributed by atoms with Crippen molar-refractivity contribution >= 4 is 10.9 Å².